The average molecular weight is 282 g/mol. The van der Waals surface area contributed by atoms with Gasteiger partial charge in [0.1, 0.15) is 5.69 Å². The molecule has 0 unspecified atom stereocenters. The lowest BCUT2D eigenvalue weighted by Gasteiger charge is -2.30. The van der Waals surface area contributed by atoms with E-state index in [4.69, 9.17) is 0 Å². The summed E-state index contributed by atoms with van der Waals surface area (Å²) in [6, 6.07) is 7.25. The molecule has 108 valence electrons. The zero-order chi connectivity index (χ0) is 14.5. The minimum Gasteiger partial charge on any atom is -0.370 e. The lowest BCUT2D eigenvalue weighted by molar-refractivity contribution is 0.102. The van der Waals surface area contributed by atoms with Crippen LogP contribution in [0.15, 0.2) is 42.9 Å². The minimum atomic E-state index is -0.207. The molecule has 5 nitrogen and oxygen atoms in total. The van der Waals surface area contributed by atoms with Gasteiger partial charge in [-0.25, -0.2) is 0 Å². The molecule has 1 aliphatic heterocycles. The zero-order valence-electron chi connectivity index (χ0n) is 11.8. The van der Waals surface area contributed by atoms with Gasteiger partial charge in [-0.15, -0.1) is 0 Å². The van der Waals surface area contributed by atoms with Gasteiger partial charge in [0, 0.05) is 25.5 Å². The van der Waals surface area contributed by atoms with E-state index in [1.807, 2.05) is 6.07 Å². The summed E-state index contributed by atoms with van der Waals surface area (Å²) in [7, 11) is 0. The fourth-order valence-electron chi connectivity index (χ4n) is 2.58. The van der Waals surface area contributed by atoms with E-state index in [1.165, 1.54) is 19.3 Å². The van der Waals surface area contributed by atoms with E-state index in [2.05, 4.69) is 20.2 Å². The number of nitrogens with one attached hydrogen (secondary N) is 1. The van der Waals surface area contributed by atoms with Crippen molar-refractivity contribution in [3.05, 3.63) is 48.5 Å². The average Bonchev–Trinajstić information content (AvgIpc) is 2.57. The Hall–Kier alpha value is -2.43. The highest BCUT2D eigenvalue weighted by atomic mass is 16.1. The van der Waals surface area contributed by atoms with E-state index in [0.717, 1.165) is 24.5 Å². The van der Waals surface area contributed by atoms with Crippen molar-refractivity contribution < 1.29 is 4.79 Å². The quantitative estimate of drug-likeness (QED) is 0.940. The molecule has 0 bridgehead atoms. The van der Waals surface area contributed by atoms with Crippen LogP contribution in [0.3, 0.4) is 0 Å². The third kappa shape index (κ3) is 3.18. The van der Waals surface area contributed by atoms with Crippen LogP contribution in [0.2, 0.25) is 0 Å². The number of amides is 1. The number of hydrogen-bond acceptors (Lipinski definition) is 4. The van der Waals surface area contributed by atoms with Gasteiger partial charge in [-0.3, -0.25) is 14.8 Å². The van der Waals surface area contributed by atoms with Crippen LogP contribution in [0, 0.1) is 0 Å². The van der Waals surface area contributed by atoms with Gasteiger partial charge in [0.05, 0.1) is 17.6 Å². The van der Waals surface area contributed by atoms with Crippen LogP contribution in [0.4, 0.5) is 11.4 Å². The summed E-state index contributed by atoms with van der Waals surface area (Å²) in [5, 5.41) is 2.92. The summed E-state index contributed by atoms with van der Waals surface area (Å²) < 4.78 is 0. The van der Waals surface area contributed by atoms with Crippen LogP contribution in [0.5, 0.6) is 0 Å². The van der Waals surface area contributed by atoms with Crippen molar-refractivity contribution in [2.75, 3.05) is 23.3 Å². The molecule has 3 heterocycles. The molecule has 0 spiro atoms. The zero-order valence-corrected chi connectivity index (χ0v) is 11.8. The Morgan fingerprint density at radius 3 is 2.71 bits per heavy atom. The molecular formula is C16H18N4O. The van der Waals surface area contributed by atoms with E-state index in [1.54, 1.807) is 36.8 Å². The van der Waals surface area contributed by atoms with Crippen LogP contribution in [0.1, 0.15) is 29.8 Å². The largest absolute Gasteiger partial charge is 0.370 e. The second-order valence-corrected chi connectivity index (χ2v) is 5.11. The van der Waals surface area contributed by atoms with E-state index in [9.17, 15) is 4.79 Å². The first-order valence-corrected chi connectivity index (χ1v) is 7.26. The molecule has 0 saturated carbocycles. The summed E-state index contributed by atoms with van der Waals surface area (Å²) in [5.74, 6) is -0.207. The van der Waals surface area contributed by atoms with Crippen LogP contribution >= 0.6 is 0 Å². The molecule has 0 radical (unpaired) electrons. The van der Waals surface area contributed by atoms with Gasteiger partial charge in [-0.05, 0) is 37.5 Å². The third-order valence-electron chi connectivity index (χ3n) is 3.64. The van der Waals surface area contributed by atoms with Crippen molar-refractivity contribution in [1.29, 1.82) is 0 Å². The van der Waals surface area contributed by atoms with Crippen LogP contribution in [-0.4, -0.2) is 29.0 Å². The lowest BCUT2D eigenvalue weighted by atomic mass is 10.1. The molecule has 0 aromatic carbocycles. The van der Waals surface area contributed by atoms with E-state index < -0.39 is 0 Å². The maximum absolute atomic E-state index is 12.2. The number of hydrogen-bond donors (Lipinski definition) is 1. The van der Waals surface area contributed by atoms with Gasteiger partial charge in [-0.1, -0.05) is 6.07 Å². The Balaban J connectivity index is 1.80. The van der Waals surface area contributed by atoms with Gasteiger partial charge >= 0.3 is 0 Å². The molecule has 2 aromatic rings. The van der Waals surface area contributed by atoms with Crippen molar-refractivity contribution in [2.45, 2.75) is 19.3 Å². The Bertz CT molecular complexity index is 609. The number of nitrogens with zero attached hydrogens (tertiary/aromatic N) is 3. The maximum atomic E-state index is 12.2. The second-order valence-electron chi connectivity index (χ2n) is 5.11. The van der Waals surface area contributed by atoms with Crippen LogP contribution in [-0.2, 0) is 0 Å². The molecule has 21 heavy (non-hydrogen) atoms. The molecule has 3 rings (SSSR count). The Morgan fingerprint density at radius 2 is 1.95 bits per heavy atom. The number of carbonyl (C=O) groups is 1. The van der Waals surface area contributed by atoms with Crippen molar-refractivity contribution in [3.63, 3.8) is 0 Å². The fraction of sp³-hybridized carbons (Fsp3) is 0.312. The molecule has 1 amide bonds. The van der Waals surface area contributed by atoms with Crippen molar-refractivity contribution in [1.82, 2.24) is 9.97 Å². The monoisotopic (exact) mass is 282 g/mol. The summed E-state index contributed by atoms with van der Waals surface area (Å²) in [4.78, 5) is 22.7. The predicted molar refractivity (Wildman–Crippen MR) is 82.5 cm³/mol. The molecule has 1 saturated heterocycles. The van der Waals surface area contributed by atoms with Crippen LogP contribution in [0.25, 0.3) is 0 Å². The normalized spacial score (nSPS) is 14.8. The first kappa shape index (κ1) is 13.5. The summed E-state index contributed by atoms with van der Waals surface area (Å²) in [6.07, 6.45) is 8.73. The van der Waals surface area contributed by atoms with Crippen molar-refractivity contribution in [2.24, 2.45) is 0 Å². The standard InChI is InChI=1S/C16H18N4O/c21-16(13-6-2-3-8-18-13)19-14-12-17-9-7-15(14)20-10-4-1-5-11-20/h2-3,6-9,12H,1,4-5,10-11H2,(H,19,21). The molecule has 0 aliphatic carbocycles. The van der Waals surface area contributed by atoms with Gasteiger partial charge in [0.15, 0.2) is 0 Å². The summed E-state index contributed by atoms with van der Waals surface area (Å²) >= 11 is 0. The van der Waals surface area contributed by atoms with E-state index >= 15 is 0 Å². The van der Waals surface area contributed by atoms with Gasteiger partial charge in [0.2, 0.25) is 0 Å². The molecule has 1 fully saturated rings. The fourth-order valence-corrected chi connectivity index (χ4v) is 2.58. The number of rotatable bonds is 3. The number of anilines is 2. The number of piperidine rings is 1. The Morgan fingerprint density at radius 1 is 1.10 bits per heavy atom. The van der Waals surface area contributed by atoms with Gasteiger partial charge in [-0.2, -0.15) is 0 Å². The second kappa shape index (κ2) is 6.35. The first-order valence-electron chi connectivity index (χ1n) is 7.26. The minimum absolute atomic E-state index is 0.207. The third-order valence-corrected chi connectivity index (χ3v) is 3.64. The van der Waals surface area contributed by atoms with Gasteiger partial charge < -0.3 is 10.2 Å². The summed E-state index contributed by atoms with van der Waals surface area (Å²) in [5.41, 5.74) is 2.19. The Labute approximate surface area is 124 Å². The smallest absolute Gasteiger partial charge is 0.274 e. The topological polar surface area (TPSA) is 58.1 Å². The van der Waals surface area contributed by atoms with Crippen molar-refractivity contribution in [3.8, 4) is 0 Å². The highest BCUT2D eigenvalue weighted by Gasteiger charge is 2.16. The summed E-state index contributed by atoms with van der Waals surface area (Å²) in [6.45, 7) is 2.05. The van der Waals surface area contributed by atoms with E-state index in [-0.39, 0.29) is 5.91 Å². The number of aromatic nitrogens is 2. The number of carbonyl (C=O) groups excluding carboxylic acids is 1. The SMILES string of the molecule is O=C(Nc1cnccc1N1CCCCC1)c1ccccn1. The highest BCUT2D eigenvalue weighted by molar-refractivity contribution is 6.04. The molecule has 0 atom stereocenters. The molecular weight excluding hydrogens is 264 g/mol. The number of pyridine rings is 2. The maximum Gasteiger partial charge on any atom is 0.274 e. The lowest BCUT2D eigenvalue weighted by Crippen LogP contribution is -2.30. The predicted octanol–water partition coefficient (Wildman–Crippen LogP) is 2.72. The Kier molecular flexibility index (Phi) is 4.09. The first-order chi connectivity index (χ1) is 10.3. The molecule has 5 heteroatoms. The molecule has 2 aromatic heterocycles. The highest BCUT2D eigenvalue weighted by Crippen LogP contribution is 2.27. The van der Waals surface area contributed by atoms with Crippen molar-refractivity contribution >= 4 is 17.3 Å². The van der Waals surface area contributed by atoms with Crippen LogP contribution < -0.4 is 10.2 Å². The molecule has 1 N–H and O–H groups in total. The van der Waals surface area contributed by atoms with E-state index in [0.29, 0.717) is 5.69 Å². The van der Waals surface area contributed by atoms with Gasteiger partial charge in [0.25, 0.3) is 5.91 Å². The molecule has 1 aliphatic rings.